The Bertz CT molecular complexity index is 1060. The van der Waals surface area contributed by atoms with E-state index in [0.29, 0.717) is 18.9 Å². The van der Waals surface area contributed by atoms with Gasteiger partial charge < -0.3 is 9.64 Å². The van der Waals surface area contributed by atoms with Crippen LogP contribution < -0.4 is 9.62 Å². The average Bonchev–Trinajstić information content (AvgIpc) is 3.11. The minimum absolute atomic E-state index is 0.525. The van der Waals surface area contributed by atoms with Crippen molar-refractivity contribution >= 4 is 48.5 Å². The third-order valence-corrected chi connectivity index (χ3v) is 6.25. The number of fused-ring (bicyclic) bond motifs is 1. The molecule has 0 atom stereocenters. The van der Waals surface area contributed by atoms with Crippen molar-refractivity contribution < 1.29 is 13.2 Å². The van der Waals surface area contributed by atoms with Gasteiger partial charge in [-0.05, 0) is 29.8 Å². The number of thiazole rings is 1. The number of nitrogens with one attached hydrogen (secondary N) is 1. The summed E-state index contributed by atoms with van der Waals surface area (Å²) in [6.45, 7) is 3.05. The molecule has 1 fully saturated rings. The van der Waals surface area contributed by atoms with Crippen molar-refractivity contribution in [2.24, 2.45) is 0 Å². The molecule has 0 bridgehead atoms. The van der Waals surface area contributed by atoms with Gasteiger partial charge in [-0.1, -0.05) is 41.7 Å². The molecule has 0 aliphatic carbocycles. The van der Waals surface area contributed by atoms with Crippen molar-refractivity contribution in [2.75, 3.05) is 35.9 Å². The lowest BCUT2D eigenvalue weighted by Gasteiger charge is -2.25. The predicted octanol–water partition coefficient (Wildman–Crippen LogP) is 3.55. The van der Waals surface area contributed by atoms with Gasteiger partial charge in [-0.15, -0.1) is 0 Å². The molecule has 0 amide bonds. The molecule has 1 N–H and O–H groups in total. The van der Waals surface area contributed by atoms with Gasteiger partial charge in [0.15, 0.2) is 5.13 Å². The predicted molar refractivity (Wildman–Crippen MR) is 111 cm³/mol. The molecule has 2 heterocycles. The number of anilines is 2. The lowest BCUT2D eigenvalue weighted by atomic mass is 10.2. The van der Waals surface area contributed by atoms with Crippen LogP contribution in [-0.2, 0) is 14.8 Å². The number of nitrogens with zero attached hydrogens (tertiary/aromatic N) is 2. The Balaban J connectivity index is 1.52. The highest BCUT2D eigenvalue weighted by atomic mass is 32.2. The summed E-state index contributed by atoms with van der Waals surface area (Å²) < 4.78 is 33.6. The van der Waals surface area contributed by atoms with E-state index in [-0.39, 0.29) is 0 Å². The maximum atomic E-state index is 12.3. The summed E-state index contributed by atoms with van der Waals surface area (Å²) in [5.74, 6) is 0. The van der Waals surface area contributed by atoms with Gasteiger partial charge in [0.05, 0.1) is 34.5 Å². The smallest absolute Gasteiger partial charge is 0.255 e. The SMILES string of the molecule is O=S(=O)(C=Cc1ccccc1)Nc1ccc2nc(N3CCOCC3)sc2c1. The minimum atomic E-state index is -3.59. The summed E-state index contributed by atoms with van der Waals surface area (Å²) in [6.07, 6.45) is 1.57. The molecule has 8 heteroatoms. The van der Waals surface area contributed by atoms with Gasteiger partial charge in [0.2, 0.25) is 0 Å². The fraction of sp³-hybridized carbons (Fsp3) is 0.211. The topological polar surface area (TPSA) is 71.5 Å². The second-order valence-electron chi connectivity index (χ2n) is 6.14. The molecule has 1 saturated heterocycles. The number of morpholine rings is 1. The maximum absolute atomic E-state index is 12.3. The van der Waals surface area contributed by atoms with E-state index in [2.05, 4.69) is 14.6 Å². The molecule has 0 unspecified atom stereocenters. The number of hydrogen-bond acceptors (Lipinski definition) is 6. The molecule has 27 heavy (non-hydrogen) atoms. The number of hydrogen-bond donors (Lipinski definition) is 1. The first-order chi connectivity index (χ1) is 13.1. The molecule has 6 nitrogen and oxygen atoms in total. The van der Waals surface area contributed by atoms with E-state index in [1.165, 1.54) is 5.41 Å². The first-order valence-electron chi connectivity index (χ1n) is 8.58. The molecule has 1 aliphatic heterocycles. The maximum Gasteiger partial charge on any atom is 0.255 e. The minimum Gasteiger partial charge on any atom is -0.378 e. The van der Waals surface area contributed by atoms with Crippen LogP contribution in [0.5, 0.6) is 0 Å². The van der Waals surface area contributed by atoms with Crippen molar-refractivity contribution in [3.05, 3.63) is 59.5 Å². The van der Waals surface area contributed by atoms with Crippen LogP contribution in [0.4, 0.5) is 10.8 Å². The normalized spacial score (nSPS) is 15.5. The van der Waals surface area contributed by atoms with Crippen molar-refractivity contribution in [1.82, 2.24) is 4.98 Å². The first kappa shape index (κ1) is 18.0. The van der Waals surface area contributed by atoms with Crippen molar-refractivity contribution in [2.45, 2.75) is 0 Å². The van der Waals surface area contributed by atoms with Crippen LogP contribution in [0.1, 0.15) is 5.56 Å². The monoisotopic (exact) mass is 401 g/mol. The van der Waals surface area contributed by atoms with E-state index in [1.807, 2.05) is 42.5 Å². The molecule has 2 aromatic carbocycles. The summed E-state index contributed by atoms with van der Waals surface area (Å²) in [5.41, 5.74) is 2.22. The highest BCUT2D eigenvalue weighted by molar-refractivity contribution is 7.95. The van der Waals surface area contributed by atoms with Crippen molar-refractivity contribution in [1.29, 1.82) is 0 Å². The third kappa shape index (κ3) is 4.47. The van der Waals surface area contributed by atoms with Crippen LogP contribution >= 0.6 is 11.3 Å². The molecule has 0 saturated carbocycles. The summed E-state index contributed by atoms with van der Waals surface area (Å²) in [5, 5.41) is 2.12. The fourth-order valence-electron chi connectivity index (χ4n) is 2.80. The average molecular weight is 402 g/mol. The van der Waals surface area contributed by atoms with Crippen LogP contribution in [0.3, 0.4) is 0 Å². The van der Waals surface area contributed by atoms with Crippen molar-refractivity contribution in [3.63, 3.8) is 0 Å². The lowest BCUT2D eigenvalue weighted by Crippen LogP contribution is -2.36. The van der Waals surface area contributed by atoms with Crippen LogP contribution in [0.15, 0.2) is 53.9 Å². The number of aromatic nitrogens is 1. The van der Waals surface area contributed by atoms with Crippen LogP contribution in [0.2, 0.25) is 0 Å². The number of benzene rings is 2. The van der Waals surface area contributed by atoms with Crippen LogP contribution in [0, 0.1) is 0 Å². The Hall–Kier alpha value is -2.42. The molecule has 0 radical (unpaired) electrons. The Labute approximate surface area is 162 Å². The quantitative estimate of drug-likeness (QED) is 0.708. The van der Waals surface area contributed by atoms with E-state index in [4.69, 9.17) is 4.74 Å². The standard InChI is InChI=1S/C19H19N3O3S2/c23-27(24,13-8-15-4-2-1-3-5-15)21-16-6-7-17-18(14-16)26-19(20-17)22-9-11-25-12-10-22/h1-8,13-14,21H,9-12H2. The van der Waals surface area contributed by atoms with E-state index in [1.54, 1.807) is 23.5 Å². The van der Waals surface area contributed by atoms with E-state index in [0.717, 1.165) is 34.0 Å². The van der Waals surface area contributed by atoms with E-state index in [9.17, 15) is 8.42 Å². The van der Waals surface area contributed by atoms with Gasteiger partial charge >= 0.3 is 0 Å². The summed E-state index contributed by atoms with van der Waals surface area (Å²) in [6, 6.07) is 14.7. The molecular formula is C19H19N3O3S2. The Morgan fingerprint density at radius 1 is 1.11 bits per heavy atom. The van der Waals surface area contributed by atoms with E-state index < -0.39 is 10.0 Å². The molecule has 1 aliphatic rings. The van der Waals surface area contributed by atoms with Gasteiger partial charge in [-0.3, -0.25) is 4.72 Å². The zero-order chi connectivity index (χ0) is 18.7. The molecule has 0 spiro atoms. The molecular weight excluding hydrogens is 382 g/mol. The Morgan fingerprint density at radius 2 is 1.89 bits per heavy atom. The van der Waals surface area contributed by atoms with E-state index >= 15 is 0 Å². The van der Waals surface area contributed by atoms with Gasteiger partial charge in [0.1, 0.15) is 0 Å². The van der Waals surface area contributed by atoms with Gasteiger partial charge in [-0.2, -0.15) is 0 Å². The number of sulfonamides is 1. The van der Waals surface area contributed by atoms with Crippen LogP contribution in [-0.4, -0.2) is 39.7 Å². The van der Waals surface area contributed by atoms with Crippen molar-refractivity contribution in [3.8, 4) is 0 Å². The highest BCUT2D eigenvalue weighted by Crippen LogP contribution is 2.31. The second-order valence-corrected chi connectivity index (χ2v) is 8.71. The molecule has 1 aromatic heterocycles. The highest BCUT2D eigenvalue weighted by Gasteiger charge is 2.16. The summed E-state index contributed by atoms with van der Waals surface area (Å²) >= 11 is 1.56. The second kappa shape index (κ2) is 7.67. The zero-order valence-corrected chi connectivity index (χ0v) is 16.2. The third-order valence-electron chi connectivity index (χ3n) is 4.16. The molecule has 140 valence electrons. The number of ether oxygens (including phenoxy) is 1. The first-order valence-corrected chi connectivity index (χ1v) is 10.9. The number of rotatable bonds is 5. The van der Waals surface area contributed by atoms with Gasteiger partial charge in [0.25, 0.3) is 10.0 Å². The van der Waals surface area contributed by atoms with Gasteiger partial charge in [0, 0.05) is 13.1 Å². The fourth-order valence-corrected chi connectivity index (χ4v) is 4.71. The largest absolute Gasteiger partial charge is 0.378 e. The molecule has 4 rings (SSSR count). The lowest BCUT2D eigenvalue weighted by molar-refractivity contribution is 0.122. The van der Waals surface area contributed by atoms with Crippen LogP contribution in [0.25, 0.3) is 16.3 Å². The van der Waals surface area contributed by atoms with Gasteiger partial charge in [-0.25, -0.2) is 13.4 Å². The zero-order valence-electron chi connectivity index (χ0n) is 14.5. The molecule has 3 aromatic rings. The summed E-state index contributed by atoms with van der Waals surface area (Å²) in [4.78, 5) is 6.84. The Kier molecular flexibility index (Phi) is 5.11. The summed E-state index contributed by atoms with van der Waals surface area (Å²) in [7, 11) is -3.59. The Morgan fingerprint density at radius 3 is 2.67 bits per heavy atom.